The number of hydrogen-bond acceptors (Lipinski definition) is 2. The standard InChI is InChI=1S/C10H19NS/c1-7-5-6-11-10(8(2)12-7)9-3-4-9/h7-11H,3-6H2,1-2H3. The summed E-state index contributed by atoms with van der Waals surface area (Å²) in [6.45, 7) is 5.99. The highest BCUT2D eigenvalue weighted by molar-refractivity contribution is 8.00. The van der Waals surface area contributed by atoms with E-state index in [4.69, 9.17) is 0 Å². The normalized spacial score (nSPS) is 44.0. The van der Waals surface area contributed by atoms with Crippen molar-refractivity contribution in [2.24, 2.45) is 5.92 Å². The Morgan fingerprint density at radius 3 is 2.58 bits per heavy atom. The van der Waals surface area contributed by atoms with Crippen molar-refractivity contribution >= 4 is 11.8 Å². The summed E-state index contributed by atoms with van der Waals surface area (Å²) in [5.41, 5.74) is 0. The Morgan fingerprint density at radius 2 is 1.92 bits per heavy atom. The van der Waals surface area contributed by atoms with Gasteiger partial charge in [-0.05, 0) is 31.7 Å². The molecule has 1 aliphatic carbocycles. The molecule has 1 nitrogen and oxygen atoms in total. The quantitative estimate of drug-likeness (QED) is 0.672. The van der Waals surface area contributed by atoms with Crippen LogP contribution in [0.1, 0.15) is 33.1 Å². The molecular weight excluding hydrogens is 166 g/mol. The lowest BCUT2D eigenvalue weighted by atomic mass is 10.1. The number of thioether (sulfide) groups is 1. The largest absolute Gasteiger partial charge is 0.313 e. The maximum atomic E-state index is 3.70. The van der Waals surface area contributed by atoms with Gasteiger partial charge in [0.15, 0.2) is 0 Å². The Morgan fingerprint density at radius 1 is 1.17 bits per heavy atom. The van der Waals surface area contributed by atoms with Gasteiger partial charge >= 0.3 is 0 Å². The maximum absolute atomic E-state index is 3.70. The molecule has 0 aromatic heterocycles. The molecule has 0 radical (unpaired) electrons. The van der Waals surface area contributed by atoms with E-state index in [0.717, 1.165) is 22.5 Å². The first-order chi connectivity index (χ1) is 5.77. The van der Waals surface area contributed by atoms with Crippen molar-refractivity contribution in [1.29, 1.82) is 0 Å². The third kappa shape index (κ3) is 1.97. The molecule has 0 aromatic carbocycles. The second-order valence-electron chi connectivity index (χ2n) is 4.26. The molecule has 3 atom stereocenters. The fraction of sp³-hybridized carbons (Fsp3) is 1.00. The van der Waals surface area contributed by atoms with Gasteiger partial charge in [-0.25, -0.2) is 0 Å². The smallest absolute Gasteiger partial charge is 0.0212 e. The molecule has 2 fully saturated rings. The van der Waals surface area contributed by atoms with Crippen LogP contribution in [-0.2, 0) is 0 Å². The van der Waals surface area contributed by atoms with E-state index >= 15 is 0 Å². The Bertz CT molecular complexity index is 156. The lowest BCUT2D eigenvalue weighted by Crippen LogP contribution is -2.37. The number of rotatable bonds is 1. The summed E-state index contributed by atoms with van der Waals surface area (Å²) in [7, 11) is 0. The van der Waals surface area contributed by atoms with E-state index in [1.165, 1.54) is 25.8 Å². The highest BCUT2D eigenvalue weighted by Crippen LogP contribution is 2.39. The van der Waals surface area contributed by atoms with Crippen LogP contribution in [0.15, 0.2) is 0 Å². The van der Waals surface area contributed by atoms with Gasteiger partial charge in [0.05, 0.1) is 0 Å². The molecule has 1 N–H and O–H groups in total. The van der Waals surface area contributed by atoms with E-state index in [1.54, 1.807) is 0 Å². The molecule has 0 amide bonds. The SMILES string of the molecule is CC1CCNC(C2CC2)C(C)S1. The summed E-state index contributed by atoms with van der Waals surface area (Å²) in [6.07, 6.45) is 4.28. The lowest BCUT2D eigenvalue weighted by Gasteiger charge is -2.22. The minimum atomic E-state index is 0.819. The molecular formula is C10H19NS. The molecule has 2 aliphatic rings. The molecule has 0 spiro atoms. The second-order valence-corrected chi connectivity index (χ2v) is 6.08. The van der Waals surface area contributed by atoms with Crippen molar-refractivity contribution < 1.29 is 0 Å². The second kappa shape index (κ2) is 3.59. The fourth-order valence-electron chi connectivity index (χ4n) is 2.14. The Hall–Kier alpha value is 0.310. The van der Waals surface area contributed by atoms with Gasteiger partial charge in [0.25, 0.3) is 0 Å². The summed E-state index contributed by atoms with van der Waals surface area (Å²) < 4.78 is 0. The van der Waals surface area contributed by atoms with Gasteiger partial charge in [0.2, 0.25) is 0 Å². The van der Waals surface area contributed by atoms with Crippen LogP contribution in [0, 0.1) is 5.92 Å². The van der Waals surface area contributed by atoms with Gasteiger partial charge in [-0.15, -0.1) is 0 Å². The van der Waals surface area contributed by atoms with E-state index in [0.29, 0.717) is 0 Å². The van der Waals surface area contributed by atoms with Crippen molar-refractivity contribution in [3.63, 3.8) is 0 Å². The fourth-order valence-corrected chi connectivity index (χ4v) is 3.62. The van der Waals surface area contributed by atoms with Crippen LogP contribution >= 0.6 is 11.8 Å². The van der Waals surface area contributed by atoms with Crippen molar-refractivity contribution in [3.8, 4) is 0 Å². The van der Waals surface area contributed by atoms with Crippen LogP contribution in [0.3, 0.4) is 0 Å². The predicted molar refractivity (Wildman–Crippen MR) is 55.6 cm³/mol. The molecule has 70 valence electrons. The molecule has 1 saturated carbocycles. The summed E-state index contributed by atoms with van der Waals surface area (Å²) in [4.78, 5) is 0. The van der Waals surface area contributed by atoms with Crippen molar-refractivity contribution in [1.82, 2.24) is 5.32 Å². The van der Waals surface area contributed by atoms with Crippen molar-refractivity contribution in [2.45, 2.75) is 49.7 Å². The number of hydrogen-bond donors (Lipinski definition) is 1. The first-order valence-electron chi connectivity index (χ1n) is 5.16. The Kier molecular flexibility index (Phi) is 2.66. The molecule has 1 heterocycles. The molecule has 1 aliphatic heterocycles. The minimum Gasteiger partial charge on any atom is -0.313 e. The van der Waals surface area contributed by atoms with Crippen LogP contribution in [-0.4, -0.2) is 23.1 Å². The van der Waals surface area contributed by atoms with Gasteiger partial charge in [-0.1, -0.05) is 13.8 Å². The summed E-state index contributed by atoms with van der Waals surface area (Å²) in [6, 6.07) is 0.819. The molecule has 3 unspecified atom stereocenters. The average Bonchev–Trinajstić information content (AvgIpc) is 2.77. The van der Waals surface area contributed by atoms with Gasteiger partial charge in [0, 0.05) is 16.5 Å². The van der Waals surface area contributed by atoms with Gasteiger partial charge in [-0.3, -0.25) is 0 Å². The van der Waals surface area contributed by atoms with Crippen LogP contribution in [0.5, 0.6) is 0 Å². The van der Waals surface area contributed by atoms with Crippen LogP contribution in [0.4, 0.5) is 0 Å². The van der Waals surface area contributed by atoms with Gasteiger partial charge < -0.3 is 5.32 Å². The zero-order valence-electron chi connectivity index (χ0n) is 8.05. The minimum absolute atomic E-state index is 0.819. The van der Waals surface area contributed by atoms with Crippen LogP contribution < -0.4 is 5.32 Å². The van der Waals surface area contributed by atoms with Crippen LogP contribution in [0.2, 0.25) is 0 Å². The third-order valence-corrected chi connectivity index (χ3v) is 4.44. The number of nitrogens with one attached hydrogen (secondary N) is 1. The van der Waals surface area contributed by atoms with Crippen LogP contribution in [0.25, 0.3) is 0 Å². The highest BCUT2D eigenvalue weighted by Gasteiger charge is 2.36. The van der Waals surface area contributed by atoms with E-state index in [2.05, 4.69) is 30.9 Å². The third-order valence-electron chi connectivity index (χ3n) is 3.01. The maximum Gasteiger partial charge on any atom is 0.0212 e. The van der Waals surface area contributed by atoms with Gasteiger partial charge in [-0.2, -0.15) is 11.8 Å². The highest BCUT2D eigenvalue weighted by atomic mass is 32.2. The van der Waals surface area contributed by atoms with Crippen molar-refractivity contribution in [3.05, 3.63) is 0 Å². The first-order valence-corrected chi connectivity index (χ1v) is 6.10. The monoisotopic (exact) mass is 185 g/mol. The molecule has 1 saturated heterocycles. The Balaban J connectivity index is 1.93. The van der Waals surface area contributed by atoms with E-state index in [9.17, 15) is 0 Å². The zero-order chi connectivity index (χ0) is 8.55. The molecule has 0 bridgehead atoms. The lowest BCUT2D eigenvalue weighted by molar-refractivity contribution is 0.465. The molecule has 2 heteroatoms. The molecule has 2 rings (SSSR count). The summed E-state index contributed by atoms with van der Waals surface area (Å²) in [5.74, 6) is 1.01. The molecule has 0 aromatic rings. The summed E-state index contributed by atoms with van der Waals surface area (Å²) in [5, 5.41) is 5.39. The van der Waals surface area contributed by atoms with Gasteiger partial charge in [0.1, 0.15) is 0 Å². The van der Waals surface area contributed by atoms with Crippen molar-refractivity contribution in [2.75, 3.05) is 6.54 Å². The van der Waals surface area contributed by atoms with E-state index in [1.807, 2.05) is 0 Å². The molecule has 12 heavy (non-hydrogen) atoms. The summed E-state index contributed by atoms with van der Waals surface area (Å²) >= 11 is 2.18. The predicted octanol–water partition coefficient (Wildman–Crippen LogP) is 2.27. The van der Waals surface area contributed by atoms with E-state index in [-0.39, 0.29) is 0 Å². The topological polar surface area (TPSA) is 12.0 Å². The average molecular weight is 185 g/mol. The first kappa shape index (κ1) is 8.89. The Labute approximate surface area is 79.7 Å². The zero-order valence-corrected chi connectivity index (χ0v) is 8.86. The van der Waals surface area contributed by atoms with E-state index < -0.39 is 0 Å².